The smallest absolute Gasteiger partial charge is 0.335 e. The molecule has 0 radical (unpaired) electrons. The minimum atomic E-state index is -0.973. The Morgan fingerprint density at radius 1 is 0.500 bits per heavy atom. The summed E-state index contributed by atoms with van der Waals surface area (Å²) in [6.45, 7) is 6.76. The summed E-state index contributed by atoms with van der Waals surface area (Å²) in [6, 6.07) is 61.8. The lowest BCUT2D eigenvalue weighted by atomic mass is 9.91. The number of aryl methyl sites for hydroxylation is 3. The van der Waals surface area contributed by atoms with Crippen molar-refractivity contribution in [2.45, 2.75) is 56.5 Å². The molecule has 16 heteroatoms. The fourth-order valence-electron chi connectivity index (χ4n) is 9.36. The summed E-state index contributed by atoms with van der Waals surface area (Å²) in [5.41, 5.74) is 23.9. The molecule has 0 aliphatic heterocycles. The van der Waals surface area contributed by atoms with E-state index in [-0.39, 0.29) is 43.3 Å². The van der Waals surface area contributed by atoms with Crippen LogP contribution < -0.4 is 24.7 Å². The van der Waals surface area contributed by atoms with Crippen LogP contribution in [0.4, 0.5) is 0 Å². The van der Waals surface area contributed by atoms with Gasteiger partial charge in [-0.2, -0.15) is 0 Å². The molecule has 8 rings (SSSR count). The van der Waals surface area contributed by atoms with Crippen LogP contribution in [-0.4, -0.2) is 99.7 Å². The zero-order chi connectivity index (χ0) is 59.6. The van der Waals surface area contributed by atoms with Crippen molar-refractivity contribution in [2.24, 2.45) is 10.8 Å². The van der Waals surface area contributed by atoms with Gasteiger partial charge in [-0.25, -0.2) is 4.79 Å². The summed E-state index contributed by atoms with van der Waals surface area (Å²) in [7, 11) is 4.33. The van der Waals surface area contributed by atoms with Crippen LogP contribution in [0.15, 0.2) is 199 Å². The fraction of sp³-hybridized carbons (Fsp3) is 0.279. The molecule has 0 heterocycles. The number of hydrogen-bond acceptors (Lipinski definition) is 9. The van der Waals surface area contributed by atoms with Crippen LogP contribution >= 0.6 is 46.4 Å². The second-order valence-corrected chi connectivity index (χ2v) is 22.6. The fourth-order valence-corrected chi connectivity index (χ4v) is 9.86. The van der Waals surface area contributed by atoms with Crippen LogP contribution in [0.5, 0.6) is 23.0 Å². The quantitative estimate of drug-likeness (QED) is 0.0254. The normalized spacial score (nSPS) is 11.9. The lowest BCUT2D eigenvalue weighted by Crippen LogP contribution is -2.34. The van der Waals surface area contributed by atoms with Crippen molar-refractivity contribution < 1.29 is 28.8 Å². The molecule has 2 unspecified atom stereocenters. The first-order chi connectivity index (χ1) is 40.7. The first kappa shape index (κ1) is 64.3. The lowest BCUT2D eigenvalue weighted by Gasteiger charge is -2.25. The summed E-state index contributed by atoms with van der Waals surface area (Å²) in [5.74, 6) is 2.26. The molecule has 438 valence electrons. The number of hydrogen-bond donors (Lipinski definition) is 2. The summed E-state index contributed by atoms with van der Waals surface area (Å²) in [6.07, 6.45) is 3.98. The van der Waals surface area contributed by atoms with E-state index in [9.17, 15) is 4.79 Å². The van der Waals surface area contributed by atoms with Crippen molar-refractivity contribution in [1.29, 1.82) is 0 Å². The predicted octanol–water partition coefficient (Wildman–Crippen LogP) is 16.3. The predicted molar refractivity (Wildman–Crippen MR) is 341 cm³/mol. The number of carboxylic acids is 1. The largest absolute Gasteiger partial charge is 0.493 e. The van der Waals surface area contributed by atoms with Gasteiger partial charge in [-0.15, -0.1) is 0 Å². The zero-order valence-electron chi connectivity index (χ0n) is 47.6. The van der Waals surface area contributed by atoms with Gasteiger partial charge in [0.25, 0.3) is 0 Å². The van der Waals surface area contributed by atoms with Crippen molar-refractivity contribution in [3.8, 4) is 23.0 Å². The molecular weight excluding hydrogens is 1140 g/mol. The third-order valence-electron chi connectivity index (χ3n) is 14.1. The molecular formula is C68H72Cl4N6O6. The zero-order valence-corrected chi connectivity index (χ0v) is 50.6. The number of halogens is 4. The number of likely N-dealkylation sites (N-methyl/N-ethyl adjacent to an activating group) is 2. The van der Waals surface area contributed by atoms with E-state index in [0.29, 0.717) is 12.4 Å². The number of nitrogens with zero attached hydrogens (tertiary/aromatic N) is 5. The average molecular weight is 1210 g/mol. The minimum absolute atomic E-state index is 0.211. The van der Waals surface area contributed by atoms with Crippen molar-refractivity contribution in [2.75, 3.05) is 66.7 Å². The van der Waals surface area contributed by atoms with Crippen LogP contribution in [0.1, 0.15) is 74.0 Å². The van der Waals surface area contributed by atoms with Gasteiger partial charge in [-0.3, -0.25) is 0 Å². The molecule has 84 heavy (non-hydrogen) atoms. The third kappa shape index (κ3) is 22.1. The Balaban J connectivity index is 0.000000241. The highest BCUT2D eigenvalue weighted by Gasteiger charge is 2.19. The number of nitrogens with two attached hydrogens (primary N) is 1. The van der Waals surface area contributed by atoms with E-state index < -0.39 is 12.0 Å². The van der Waals surface area contributed by atoms with Crippen molar-refractivity contribution >= 4 is 52.4 Å². The molecule has 0 aliphatic carbocycles. The number of carbonyl (C=O) groups is 1. The monoisotopic (exact) mass is 1210 g/mol. The van der Waals surface area contributed by atoms with Gasteiger partial charge in [-0.1, -0.05) is 142 Å². The Morgan fingerprint density at radius 3 is 1.13 bits per heavy atom. The Hall–Kier alpha value is -7.22. The highest BCUT2D eigenvalue weighted by Crippen LogP contribution is 2.30. The van der Waals surface area contributed by atoms with Crippen LogP contribution in [0, 0.1) is 6.92 Å². The van der Waals surface area contributed by atoms with Crippen LogP contribution in [0.3, 0.4) is 0 Å². The average Bonchev–Trinajstić information content (AvgIpc) is 3.57. The van der Waals surface area contributed by atoms with E-state index in [1.165, 1.54) is 45.5 Å². The van der Waals surface area contributed by atoms with Gasteiger partial charge in [0.15, 0.2) is 0 Å². The molecule has 8 aromatic carbocycles. The molecule has 0 amide bonds. The van der Waals surface area contributed by atoms with E-state index in [4.69, 9.17) is 81.7 Å². The van der Waals surface area contributed by atoms with Gasteiger partial charge >= 0.3 is 5.97 Å². The first-order valence-corrected chi connectivity index (χ1v) is 29.4. The van der Waals surface area contributed by atoms with Crippen LogP contribution in [0.25, 0.3) is 10.4 Å². The molecule has 8 aromatic rings. The van der Waals surface area contributed by atoms with Gasteiger partial charge in [-0.05, 0) is 208 Å². The van der Waals surface area contributed by atoms with E-state index in [2.05, 4.69) is 107 Å². The van der Waals surface area contributed by atoms with E-state index in [1.54, 1.807) is 12.1 Å². The molecule has 2 atom stereocenters. The highest BCUT2D eigenvalue weighted by atomic mass is 35.5. The number of rotatable bonds is 30. The maximum Gasteiger partial charge on any atom is 0.335 e. The van der Waals surface area contributed by atoms with Crippen LogP contribution in [0.2, 0.25) is 20.1 Å². The Morgan fingerprint density at radius 2 is 0.810 bits per heavy atom. The van der Waals surface area contributed by atoms with Gasteiger partial charge in [0, 0.05) is 49.9 Å². The molecule has 0 aliphatic rings. The molecule has 3 N–H and O–H groups in total. The molecule has 0 saturated heterocycles. The molecule has 0 spiro atoms. The van der Waals surface area contributed by atoms with Gasteiger partial charge in [0.1, 0.15) is 42.3 Å². The van der Waals surface area contributed by atoms with Crippen molar-refractivity contribution in [3.05, 3.63) is 269 Å². The number of azide groups is 1. The number of ether oxygens (including phenoxy) is 4. The second-order valence-electron chi connectivity index (χ2n) is 20.8. The molecule has 0 aromatic heterocycles. The highest BCUT2D eigenvalue weighted by molar-refractivity contribution is 6.31. The SMILES string of the molecule is CN(CCCc1ccc(OCC(N)COc2ccc(C(=O)O)cc2)cc1)CC(c1ccc(Cl)cc1)c1ccc(Cl)cc1.Cc1ccc(OCC(COc2ccc(CCCN(C)CC(c3ccc(Cl)cc3)c3ccc(Cl)cc3)cc2)N=[N+]=[N-])cc1. The maximum absolute atomic E-state index is 11.0. The number of aromatic carboxylic acids is 1. The molecule has 0 fully saturated rings. The lowest BCUT2D eigenvalue weighted by molar-refractivity contribution is 0.0696. The van der Waals surface area contributed by atoms with Gasteiger partial charge in [0.2, 0.25) is 0 Å². The number of carboxylic acid groups (broad SMARTS) is 1. The van der Waals surface area contributed by atoms with Gasteiger partial charge < -0.3 is 39.6 Å². The third-order valence-corrected chi connectivity index (χ3v) is 15.1. The molecule has 12 nitrogen and oxygen atoms in total. The summed E-state index contributed by atoms with van der Waals surface area (Å²) in [4.78, 5) is 18.6. The van der Waals surface area contributed by atoms with E-state index >= 15 is 0 Å². The summed E-state index contributed by atoms with van der Waals surface area (Å²) >= 11 is 24.6. The topological polar surface area (TPSA) is 155 Å². The minimum Gasteiger partial charge on any atom is -0.493 e. The number of benzene rings is 8. The maximum atomic E-state index is 11.0. The Labute approximate surface area is 514 Å². The summed E-state index contributed by atoms with van der Waals surface area (Å²) < 4.78 is 23.2. The van der Waals surface area contributed by atoms with Crippen molar-refractivity contribution in [3.63, 3.8) is 0 Å². The second kappa shape index (κ2) is 33.9. The van der Waals surface area contributed by atoms with Crippen LogP contribution in [-0.2, 0) is 12.8 Å². The standard InChI is InChI=1S/C34H36Cl2N4O2.C34H36Cl2N2O4/c1-25-5-17-32(18-6-25)41-23-31(38-39-37)24-42-33-19-7-26(8-20-33)4-3-21-40(2)22-34(27-9-13-29(35)14-10-27)28-11-15-30(36)16-12-28;1-38(21-33(25-6-12-28(35)13-7-25)26-8-14-29(36)15-9-26)20-2-3-24-4-16-31(17-5-24)41-22-30(37)23-42-32-18-10-27(11-19-32)34(39)40/h5-20,31,34H,3-4,21-24H2,1-2H3;4-19,30,33H,2-3,20-23,37H2,1H3,(H,39,40). The summed E-state index contributed by atoms with van der Waals surface area (Å²) in [5, 5.41) is 15.7. The molecule has 0 saturated carbocycles. The van der Waals surface area contributed by atoms with E-state index in [1.807, 2.05) is 104 Å². The van der Waals surface area contributed by atoms with Gasteiger partial charge in [0.05, 0.1) is 24.8 Å². The Kier molecular flexibility index (Phi) is 26.0. The molecule has 0 bridgehead atoms. The van der Waals surface area contributed by atoms with Crippen molar-refractivity contribution in [1.82, 2.24) is 9.80 Å². The Bertz CT molecular complexity index is 3170. The first-order valence-electron chi connectivity index (χ1n) is 27.9. The van der Waals surface area contributed by atoms with E-state index in [0.717, 1.165) is 94.8 Å².